The van der Waals surface area contributed by atoms with Crippen LogP contribution in [0.2, 0.25) is 0 Å². The van der Waals surface area contributed by atoms with Crippen molar-refractivity contribution < 1.29 is 13.2 Å². The number of benzene rings is 2. The summed E-state index contributed by atoms with van der Waals surface area (Å²) >= 11 is 0. The first-order valence-corrected chi connectivity index (χ1v) is 9.11. The SMILES string of the molecule is COc1ccc(C)cc1S(=O)(=O)NCCC(C)c1ccccc1. The number of ether oxygens (including phenoxy) is 1. The molecule has 0 saturated heterocycles. The van der Waals surface area contributed by atoms with E-state index in [0.29, 0.717) is 18.2 Å². The summed E-state index contributed by atoms with van der Waals surface area (Å²) in [6.07, 6.45) is 0.734. The Kier molecular flexibility index (Phi) is 5.80. The fourth-order valence-corrected chi connectivity index (χ4v) is 3.73. The van der Waals surface area contributed by atoms with Crippen LogP contribution in [0.15, 0.2) is 53.4 Å². The molecule has 0 aliphatic carbocycles. The number of aryl methyl sites for hydroxylation is 1. The summed E-state index contributed by atoms with van der Waals surface area (Å²) in [7, 11) is -2.11. The maximum atomic E-state index is 12.5. The Morgan fingerprint density at radius 2 is 1.83 bits per heavy atom. The number of hydrogen-bond acceptors (Lipinski definition) is 3. The van der Waals surface area contributed by atoms with Gasteiger partial charge in [-0.3, -0.25) is 0 Å². The van der Waals surface area contributed by atoms with Crippen LogP contribution in [0, 0.1) is 6.92 Å². The number of sulfonamides is 1. The molecule has 0 bridgehead atoms. The van der Waals surface area contributed by atoms with Gasteiger partial charge in [0.1, 0.15) is 10.6 Å². The average Bonchev–Trinajstić information content (AvgIpc) is 2.55. The van der Waals surface area contributed by atoms with Crippen LogP contribution in [-0.4, -0.2) is 22.1 Å². The van der Waals surface area contributed by atoms with Crippen molar-refractivity contribution in [1.82, 2.24) is 4.72 Å². The van der Waals surface area contributed by atoms with Gasteiger partial charge in [0.05, 0.1) is 7.11 Å². The molecule has 1 N–H and O–H groups in total. The number of nitrogens with one attached hydrogen (secondary N) is 1. The molecule has 0 aliphatic heterocycles. The zero-order valence-corrected chi connectivity index (χ0v) is 14.6. The molecule has 0 aromatic heterocycles. The standard InChI is InChI=1S/C18H23NO3S/c1-14-9-10-17(22-3)18(13-14)23(20,21)19-12-11-15(2)16-7-5-4-6-8-16/h4-10,13,15,19H,11-12H2,1-3H3. The third-order valence-corrected chi connectivity index (χ3v) is 5.33. The second-order valence-electron chi connectivity index (χ2n) is 5.65. The van der Waals surface area contributed by atoms with Gasteiger partial charge in [-0.2, -0.15) is 0 Å². The fourth-order valence-electron chi connectivity index (χ4n) is 2.43. The Balaban J connectivity index is 2.04. The molecule has 2 aromatic rings. The van der Waals surface area contributed by atoms with E-state index in [1.165, 1.54) is 12.7 Å². The van der Waals surface area contributed by atoms with Crippen molar-refractivity contribution in [3.05, 3.63) is 59.7 Å². The topological polar surface area (TPSA) is 55.4 Å². The molecule has 5 heteroatoms. The average molecular weight is 333 g/mol. The van der Waals surface area contributed by atoms with Gasteiger partial charge in [-0.15, -0.1) is 0 Å². The Morgan fingerprint density at radius 3 is 2.48 bits per heavy atom. The zero-order valence-electron chi connectivity index (χ0n) is 13.7. The molecule has 23 heavy (non-hydrogen) atoms. The van der Waals surface area contributed by atoms with Crippen molar-refractivity contribution in [1.29, 1.82) is 0 Å². The van der Waals surface area contributed by atoms with Crippen LogP contribution in [0.25, 0.3) is 0 Å². The molecule has 0 fully saturated rings. The molecule has 0 amide bonds. The third kappa shape index (κ3) is 4.56. The van der Waals surface area contributed by atoms with Crippen molar-refractivity contribution in [3.63, 3.8) is 0 Å². The minimum absolute atomic E-state index is 0.187. The van der Waals surface area contributed by atoms with Gasteiger partial charge in [0.2, 0.25) is 10.0 Å². The Morgan fingerprint density at radius 1 is 1.13 bits per heavy atom. The van der Waals surface area contributed by atoms with Crippen LogP contribution >= 0.6 is 0 Å². The minimum atomic E-state index is -3.58. The van der Waals surface area contributed by atoms with Crippen molar-refractivity contribution in [2.45, 2.75) is 31.1 Å². The number of rotatable bonds is 7. The highest BCUT2D eigenvalue weighted by Gasteiger charge is 2.19. The first-order chi connectivity index (χ1) is 10.9. The monoisotopic (exact) mass is 333 g/mol. The van der Waals surface area contributed by atoms with Crippen LogP contribution in [-0.2, 0) is 10.0 Å². The molecule has 0 spiro atoms. The predicted molar refractivity (Wildman–Crippen MR) is 92.4 cm³/mol. The summed E-state index contributed by atoms with van der Waals surface area (Å²) in [5, 5.41) is 0. The smallest absolute Gasteiger partial charge is 0.244 e. The van der Waals surface area contributed by atoms with Gasteiger partial charge >= 0.3 is 0 Å². The summed E-state index contributed by atoms with van der Waals surface area (Å²) in [6.45, 7) is 4.34. The van der Waals surface area contributed by atoms with E-state index in [9.17, 15) is 8.42 Å². The predicted octanol–water partition coefficient (Wildman–Crippen LogP) is 3.48. The molecule has 2 rings (SSSR count). The van der Waals surface area contributed by atoms with E-state index in [1.807, 2.05) is 31.2 Å². The maximum absolute atomic E-state index is 12.5. The molecule has 1 atom stereocenters. The Hall–Kier alpha value is -1.85. The van der Waals surface area contributed by atoms with E-state index in [4.69, 9.17) is 4.74 Å². The van der Waals surface area contributed by atoms with Crippen LogP contribution < -0.4 is 9.46 Å². The van der Waals surface area contributed by atoms with Gasteiger partial charge < -0.3 is 4.74 Å². The second kappa shape index (κ2) is 7.62. The fraction of sp³-hybridized carbons (Fsp3) is 0.333. The summed E-state index contributed by atoms with van der Waals surface area (Å²) in [5.74, 6) is 0.650. The van der Waals surface area contributed by atoms with Gasteiger partial charge in [-0.05, 0) is 42.5 Å². The summed E-state index contributed by atoms with van der Waals surface area (Å²) in [5.41, 5.74) is 2.09. The normalized spacial score (nSPS) is 12.8. The molecule has 4 nitrogen and oxygen atoms in total. The van der Waals surface area contributed by atoms with E-state index >= 15 is 0 Å². The van der Waals surface area contributed by atoms with Crippen LogP contribution in [0.4, 0.5) is 0 Å². The summed E-state index contributed by atoms with van der Waals surface area (Å²) < 4.78 is 32.8. The van der Waals surface area contributed by atoms with Gasteiger partial charge in [0.15, 0.2) is 0 Å². The molecular weight excluding hydrogens is 310 g/mol. The van der Waals surface area contributed by atoms with E-state index in [2.05, 4.69) is 23.8 Å². The van der Waals surface area contributed by atoms with E-state index in [1.54, 1.807) is 12.1 Å². The molecule has 2 aromatic carbocycles. The highest BCUT2D eigenvalue weighted by molar-refractivity contribution is 7.89. The lowest BCUT2D eigenvalue weighted by Gasteiger charge is -2.14. The van der Waals surface area contributed by atoms with Crippen LogP contribution in [0.5, 0.6) is 5.75 Å². The van der Waals surface area contributed by atoms with Crippen molar-refractivity contribution in [2.24, 2.45) is 0 Å². The molecular formula is C18H23NO3S. The Bertz CT molecular complexity index is 742. The largest absolute Gasteiger partial charge is 0.495 e. The van der Waals surface area contributed by atoms with Crippen molar-refractivity contribution >= 4 is 10.0 Å². The lowest BCUT2D eigenvalue weighted by Crippen LogP contribution is -2.26. The first kappa shape index (κ1) is 17.5. The Labute approximate surface area is 138 Å². The van der Waals surface area contributed by atoms with Crippen molar-refractivity contribution in [3.8, 4) is 5.75 Å². The third-order valence-electron chi connectivity index (χ3n) is 3.85. The number of hydrogen-bond donors (Lipinski definition) is 1. The lowest BCUT2D eigenvalue weighted by atomic mass is 9.98. The minimum Gasteiger partial charge on any atom is -0.495 e. The van der Waals surface area contributed by atoms with Crippen molar-refractivity contribution in [2.75, 3.05) is 13.7 Å². The van der Waals surface area contributed by atoms with E-state index in [0.717, 1.165) is 12.0 Å². The lowest BCUT2D eigenvalue weighted by molar-refractivity contribution is 0.402. The molecule has 0 heterocycles. The maximum Gasteiger partial charge on any atom is 0.244 e. The summed E-state index contributed by atoms with van der Waals surface area (Å²) in [4.78, 5) is 0.187. The highest BCUT2D eigenvalue weighted by atomic mass is 32.2. The first-order valence-electron chi connectivity index (χ1n) is 7.63. The molecule has 1 unspecified atom stereocenters. The van der Waals surface area contributed by atoms with Gasteiger partial charge in [0.25, 0.3) is 0 Å². The quantitative estimate of drug-likeness (QED) is 0.844. The van der Waals surface area contributed by atoms with E-state index in [-0.39, 0.29) is 4.90 Å². The van der Waals surface area contributed by atoms with Crippen LogP contribution in [0.1, 0.15) is 30.4 Å². The second-order valence-corrected chi connectivity index (χ2v) is 7.39. The number of methoxy groups -OCH3 is 1. The zero-order chi connectivity index (χ0) is 16.9. The van der Waals surface area contributed by atoms with Gasteiger partial charge in [-0.1, -0.05) is 43.3 Å². The summed E-state index contributed by atoms with van der Waals surface area (Å²) in [6, 6.07) is 15.2. The molecule has 0 radical (unpaired) electrons. The molecule has 0 saturated carbocycles. The van der Waals surface area contributed by atoms with Crippen LogP contribution in [0.3, 0.4) is 0 Å². The molecule has 124 valence electrons. The van der Waals surface area contributed by atoms with E-state index < -0.39 is 10.0 Å². The highest BCUT2D eigenvalue weighted by Crippen LogP contribution is 2.25. The van der Waals surface area contributed by atoms with Gasteiger partial charge in [-0.25, -0.2) is 13.1 Å². The van der Waals surface area contributed by atoms with Gasteiger partial charge in [0, 0.05) is 6.54 Å². The molecule has 0 aliphatic rings.